The third-order valence-electron chi connectivity index (χ3n) is 12.7. The Morgan fingerprint density at radius 2 is 0.587 bits per heavy atom. The van der Waals surface area contributed by atoms with Crippen LogP contribution in [0.2, 0.25) is 0 Å². The minimum absolute atomic E-state index is 0.836. The van der Waals surface area contributed by atoms with Gasteiger partial charge in [-0.05, 0) is 59.7 Å². The van der Waals surface area contributed by atoms with Gasteiger partial charge in [0, 0.05) is 67.0 Å². The summed E-state index contributed by atoms with van der Waals surface area (Å²) < 4.78 is 11.9. The van der Waals surface area contributed by atoms with Gasteiger partial charge >= 0.3 is 0 Å². The van der Waals surface area contributed by atoms with Crippen LogP contribution in [0.15, 0.2) is 223 Å². The summed E-state index contributed by atoms with van der Waals surface area (Å²) in [6.45, 7) is 0. The first-order valence-corrected chi connectivity index (χ1v) is 21.3. The highest BCUT2D eigenvalue weighted by Gasteiger charge is 2.23. The van der Waals surface area contributed by atoms with Crippen molar-refractivity contribution < 1.29 is 4.42 Å². The summed E-state index contributed by atoms with van der Waals surface area (Å²) in [5, 5.41) is 6.98. The Morgan fingerprint density at radius 3 is 0.984 bits per heavy atom. The van der Waals surface area contributed by atoms with Crippen molar-refractivity contribution in [3.63, 3.8) is 0 Å². The van der Waals surface area contributed by atoms with E-state index in [1.807, 2.05) is 24.5 Å². The number of hydrogen-bond donors (Lipinski definition) is 0. The molecule has 0 N–H and O–H groups in total. The number of rotatable bonds is 6. The van der Waals surface area contributed by atoms with E-state index in [0.717, 1.165) is 100 Å². The average molecular weight is 805 g/mol. The molecule has 0 spiro atoms. The summed E-state index contributed by atoms with van der Waals surface area (Å²) in [7, 11) is 0. The molecule has 0 aliphatic carbocycles. The summed E-state index contributed by atoms with van der Waals surface area (Å²) in [6.07, 6.45) is 3.78. The van der Waals surface area contributed by atoms with Gasteiger partial charge in [0.1, 0.15) is 11.2 Å². The molecule has 0 aliphatic rings. The van der Waals surface area contributed by atoms with Crippen molar-refractivity contribution in [2.24, 2.45) is 0 Å². The lowest BCUT2D eigenvalue weighted by molar-refractivity contribution is 0.671. The molecule has 0 fully saturated rings. The number of pyridine rings is 2. The molecule has 0 saturated heterocycles. The molecule has 0 saturated carbocycles. The molecule has 63 heavy (non-hydrogen) atoms. The standard InChI is InChI=1S/C58H36N4O/c1-3-23-43(55-53(33-15-35-59-55)61-49-29-9-5-19-39(49)40-20-6-10-30-50(40)61)37(17-1)45-25-13-27-47-48-28-14-26-46(58(48)63-57(45)47)38-18-2-4-24-44(38)56-54(34-16-36-60-56)62-51-31-11-7-21-41(51)42-22-8-12-32-52(42)62/h1-36H. The van der Waals surface area contributed by atoms with Crippen LogP contribution in [-0.4, -0.2) is 19.1 Å². The first kappa shape index (κ1) is 35.2. The maximum atomic E-state index is 7.19. The van der Waals surface area contributed by atoms with Gasteiger partial charge < -0.3 is 13.6 Å². The van der Waals surface area contributed by atoms with E-state index in [1.165, 1.54) is 21.5 Å². The van der Waals surface area contributed by atoms with E-state index in [1.54, 1.807) is 0 Å². The molecule has 0 aliphatic heterocycles. The van der Waals surface area contributed by atoms with E-state index in [9.17, 15) is 0 Å². The van der Waals surface area contributed by atoms with Crippen LogP contribution in [0.4, 0.5) is 0 Å². The molecule has 0 atom stereocenters. The topological polar surface area (TPSA) is 48.8 Å². The molecule has 0 bridgehead atoms. The monoisotopic (exact) mass is 804 g/mol. The van der Waals surface area contributed by atoms with Gasteiger partial charge in [-0.25, -0.2) is 0 Å². The van der Waals surface area contributed by atoms with E-state index in [2.05, 4.69) is 203 Å². The molecule has 0 radical (unpaired) electrons. The zero-order valence-electron chi connectivity index (χ0n) is 34.0. The highest BCUT2D eigenvalue weighted by molar-refractivity contribution is 6.15. The summed E-state index contributed by atoms with van der Waals surface area (Å²) in [4.78, 5) is 10.2. The molecular weight excluding hydrogens is 769 g/mol. The Morgan fingerprint density at radius 1 is 0.270 bits per heavy atom. The van der Waals surface area contributed by atoms with Crippen molar-refractivity contribution in [2.75, 3.05) is 0 Å². The summed E-state index contributed by atoms with van der Waals surface area (Å²) in [6, 6.07) is 73.0. The van der Waals surface area contributed by atoms with E-state index in [4.69, 9.17) is 14.4 Å². The lowest BCUT2D eigenvalue weighted by Crippen LogP contribution is -2.00. The van der Waals surface area contributed by atoms with Crippen LogP contribution < -0.4 is 0 Å². The Hall–Kier alpha value is -8.54. The maximum Gasteiger partial charge on any atom is 0.143 e. The lowest BCUT2D eigenvalue weighted by Gasteiger charge is -2.16. The summed E-state index contributed by atoms with van der Waals surface area (Å²) in [5.41, 5.74) is 16.3. The average Bonchev–Trinajstić information content (AvgIpc) is 4.02. The van der Waals surface area contributed by atoms with Crippen LogP contribution >= 0.6 is 0 Å². The van der Waals surface area contributed by atoms with Gasteiger partial charge in [-0.2, -0.15) is 0 Å². The van der Waals surface area contributed by atoms with Crippen LogP contribution in [0.25, 0.3) is 122 Å². The van der Waals surface area contributed by atoms with Crippen molar-refractivity contribution in [3.8, 4) is 56.1 Å². The van der Waals surface area contributed by atoms with Crippen molar-refractivity contribution in [2.45, 2.75) is 0 Å². The van der Waals surface area contributed by atoms with Gasteiger partial charge in [-0.3, -0.25) is 9.97 Å². The molecule has 5 aromatic heterocycles. The number of aromatic nitrogens is 4. The SMILES string of the molecule is c1ccc(-c2cccc3c2oc2c(-c4ccccc4-c4ncccc4-n4c5ccccc5c5ccccc54)cccc23)c(-c2ncccc2-n2c3ccccc3c3ccccc32)c1. The predicted molar refractivity (Wildman–Crippen MR) is 260 cm³/mol. The molecule has 13 rings (SSSR count). The Labute approximate surface area is 362 Å². The maximum absolute atomic E-state index is 7.19. The molecule has 13 aromatic rings. The Kier molecular flexibility index (Phi) is 7.84. The van der Waals surface area contributed by atoms with Crippen molar-refractivity contribution >= 4 is 65.6 Å². The van der Waals surface area contributed by atoms with Crippen LogP contribution in [-0.2, 0) is 0 Å². The van der Waals surface area contributed by atoms with Crippen LogP contribution in [0.3, 0.4) is 0 Å². The lowest BCUT2D eigenvalue weighted by atomic mass is 9.94. The third kappa shape index (κ3) is 5.30. The van der Waals surface area contributed by atoms with Crippen molar-refractivity contribution in [3.05, 3.63) is 219 Å². The van der Waals surface area contributed by atoms with E-state index < -0.39 is 0 Å². The number of furan rings is 1. The third-order valence-corrected chi connectivity index (χ3v) is 12.7. The fraction of sp³-hybridized carbons (Fsp3) is 0. The van der Waals surface area contributed by atoms with Gasteiger partial charge in [-0.1, -0.05) is 158 Å². The van der Waals surface area contributed by atoms with Crippen LogP contribution in [0.1, 0.15) is 0 Å². The first-order chi connectivity index (χ1) is 31.3. The number of para-hydroxylation sites is 6. The molecule has 0 unspecified atom stereocenters. The second-order valence-corrected chi connectivity index (χ2v) is 16.0. The predicted octanol–water partition coefficient (Wildman–Crippen LogP) is 15.2. The van der Waals surface area contributed by atoms with Crippen LogP contribution in [0.5, 0.6) is 0 Å². The van der Waals surface area contributed by atoms with E-state index in [-0.39, 0.29) is 0 Å². The van der Waals surface area contributed by atoms with E-state index >= 15 is 0 Å². The normalized spacial score (nSPS) is 11.8. The van der Waals surface area contributed by atoms with Gasteiger partial charge in [0.05, 0.1) is 44.8 Å². The molecule has 5 nitrogen and oxygen atoms in total. The van der Waals surface area contributed by atoms with Crippen LogP contribution in [0, 0.1) is 0 Å². The van der Waals surface area contributed by atoms with Crippen molar-refractivity contribution in [1.82, 2.24) is 19.1 Å². The van der Waals surface area contributed by atoms with Crippen molar-refractivity contribution in [1.29, 1.82) is 0 Å². The molecule has 294 valence electrons. The minimum atomic E-state index is 0.836. The van der Waals surface area contributed by atoms with Gasteiger partial charge in [0.25, 0.3) is 0 Å². The molecule has 5 heteroatoms. The Bertz CT molecular complexity index is 3580. The highest BCUT2D eigenvalue weighted by atomic mass is 16.3. The van der Waals surface area contributed by atoms with Gasteiger partial charge in [0.15, 0.2) is 0 Å². The number of fused-ring (bicyclic) bond motifs is 9. The second-order valence-electron chi connectivity index (χ2n) is 16.0. The fourth-order valence-corrected chi connectivity index (χ4v) is 10.0. The first-order valence-electron chi connectivity index (χ1n) is 21.3. The van der Waals surface area contributed by atoms with Gasteiger partial charge in [-0.15, -0.1) is 0 Å². The fourth-order valence-electron chi connectivity index (χ4n) is 10.0. The minimum Gasteiger partial charge on any atom is -0.455 e. The number of benzene rings is 8. The highest BCUT2D eigenvalue weighted by Crippen LogP contribution is 2.46. The molecule has 8 aromatic carbocycles. The largest absolute Gasteiger partial charge is 0.455 e. The zero-order valence-corrected chi connectivity index (χ0v) is 34.0. The molecule has 0 amide bonds. The summed E-state index contributed by atoms with van der Waals surface area (Å²) in [5.74, 6) is 0. The smallest absolute Gasteiger partial charge is 0.143 e. The Balaban J connectivity index is 0.996. The second kappa shape index (κ2) is 14.0. The molecule has 5 heterocycles. The summed E-state index contributed by atoms with van der Waals surface area (Å²) >= 11 is 0. The molecular formula is C58H36N4O. The zero-order chi connectivity index (χ0) is 41.4. The number of hydrogen-bond acceptors (Lipinski definition) is 3. The van der Waals surface area contributed by atoms with Gasteiger partial charge in [0.2, 0.25) is 0 Å². The quantitative estimate of drug-likeness (QED) is 0.168. The number of nitrogens with zero attached hydrogens (tertiary/aromatic N) is 4. The van der Waals surface area contributed by atoms with E-state index in [0.29, 0.717) is 0 Å².